The molecule has 150 valence electrons. The summed E-state index contributed by atoms with van der Waals surface area (Å²) in [6.45, 7) is 3.85. The molecule has 4 rings (SSSR count). The van der Waals surface area contributed by atoms with E-state index in [1.807, 2.05) is 26.0 Å². The van der Waals surface area contributed by atoms with Crippen LogP contribution in [0.1, 0.15) is 16.7 Å². The molecule has 0 bridgehead atoms. The molecular weight excluding hydrogens is 386 g/mol. The average molecular weight is 404 g/mol. The molecule has 3 aromatic carbocycles. The molecule has 1 aliphatic heterocycles. The van der Waals surface area contributed by atoms with Gasteiger partial charge < -0.3 is 5.32 Å². The summed E-state index contributed by atoms with van der Waals surface area (Å²) in [4.78, 5) is 27.3. The SMILES string of the molecule is Cc1ccc(C2=C(Nc3ccc(F)cc3)C(=O)N(c3ccccc3F)C2=O)cc1C. The predicted octanol–water partition coefficient (Wildman–Crippen LogP) is 4.98. The van der Waals surface area contributed by atoms with Crippen LogP contribution in [-0.4, -0.2) is 11.8 Å². The Morgan fingerprint density at radius 3 is 2.17 bits per heavy atom. The van der Waals surface area contributed by atoms with Crippen molar-refractivity contribution in [1.82, 2.24) is 0 Å². The number of imide groups is 1. The molecule has 6 heteroatoms. The van der Waals surface area contributed by atoms with Crippen LogP contribution in [0.4, 0.5) is 20.2 Å². The molecule has 0 spiro atoms. The van der Waals surface area contributed by atoms with Gasteiger partial charge in [0.05, 0.1) is 11.3 Å². The van der Waals surface area contributed by atoms with Gasteiger partial charge in [-0.15, -0.1) is 0 Å². The standard InChI is InChI=1S/C24H18F2N2O2/c1-14-7-8-16(13-15(14)2)21-22(27-18-11-9-17(25)10-12-18)24(30)28(23(21)29)20-6-4-3-5-19(20)26/h3-13,27H,1-2H3. The molecule has 1 N–H and O–H groups in total. The maximum absolute atomic E-state index is 14.4. The van der Waals surface area contributed by atoms with E-state index in [-0.39, 0.29) is 17.0 Å². The Morgan fingerprint density at radius 2 is 1.50 bits per heavy atom. The molecule has 3 aromatic rings. The topological polar surface area (TPSA) is 49.4 Å². The molecule has 0 saturated heterocycles. The third kappa shape index (κ3) is 3.37. The molecule has 0 unspecified atom stereocenters. The van der Waals surface area contributed by atoms with Crippen LogP contribution in [0.25, 0.3) is 5.57 Å². The van der Waals surface area contributed by atoms with E-state index >= 15 is 0 Å². The van der Waals surface area contributed by atoms with Gasteiger partial charge in [-0.3, -0.25) is 9.59 Å². The van der Waals surface area contributed by atoms with Gasteiger partial charge >= 0.3 is 0 Å². The fourth-order valence-corrected chi connectivity index (χ4v) is 3.34. The lowest BCUT2D eigenvalue weighted by molar-refractivity contribution is -0.120. The Hall–Kier alpha value is -3.80. The van der Waals surface area contributed by atoms with Gasteiger partial charge in [-0.1, -0.05) is 30.3 Å². The molecule has 0 atom stereocenters. The Morgan fingerprint density at radius 1 is 0.800 bits per heavy atom. The highest BCUT2D eigenvalue weighted by Gasteiger charge is 2.41. The minimum Gasteiger partial charge on any atom is -0.350 e. The number of hydrogen-bond acceptors (Lipinski definition) is 3. The number of halogens is 2. The monoisotopic (exact) mass is 404 g/mol. The maximum atomic E-state index is 14.4. The molecule has 4 nitrogen and oxygen atoms in total. The first-order chi connectivity index (χ1) is 14.4. The van der Waals surface area contributed by atoms with Gasteiger partial charge in [0.15, 0.2) is 0 Å². The van der Waals surface area contributed by atoms with Crippen molar-refractivity contribution in [2.75, 3.05) is 10.2 Å². The summed E-state index contributed by atoms with van der Waals surface area (Å²) in [6, 6.07) is 16.4. The van der Waals surface area contributed by atoms with Gasteiger partial charge in [0, 0.05) is 5.69 Å². The lowest BCUT2D eigenvalue weighted by Crippen LogP contribution is -2.33. The van der Waals surface area contributed by atoms with E-state index in [1.165, 1.54) is 42.5 Å². The summed E-state index contributed by atoms with van der Waals surface area (Å²) >= 11 is 0. The van der Waals surface area contributed by atoms with Crippen LogP contribution < -0.4 is 10.2 Å². The van der Waals surface area contributed by atoms with Crippen LogP contribution in [0.3, 0.4) is 0 Å². The summed E-state index contributed by atoms with van der Waals surface area (Å²) in [5.41, 5.74) is 2.99. The van der Waals surface area contributed by atoms with Crippen molar-refractivity contribution in [3.05, 3.63) is 101 Å². The third-order valence-electron chi connectivity index (χ3n) is 5.09. The molecule has 1 heterocycles. The van der Waals surface area contributed by atoms with Gasteiger partial charge in [0.2, 0.25) is 0 Å². The number of anilines is 2. The highest BCUT2D eigenvalue weighted by Crippen LogP contribution is 2.35. The van der Waals surface area contributed by atoms with Crippen molar-refractivity contribution >= 4 is 28.8 Å². The van der Waals surface area contributed by atoms with E-state index in [0.29, 0.717) is 11.3 Å². The second-order valence-electron chi connectivity index (χ2n) is 7.08. The molecule has 0 fully saturated rings. The minimum atomic E-state index is -0.679. The summed E-state index contributed by atoms with van der Waals surface area (Å²) in [7, 11) is 0. The molecule has 30 heavy (non-hydrogen) atoms. The van der Waals surface area contributed by atoms with Crippen LogP contribution in [0.2, 0.25) is 0 Å². The average Bonchev–Trinajstić information content (AvgIpc) is 2.96. The van der Waals surface area contributed by atoms with E-state index in [1.54, 1.807) is 12.1 Å². The quantitative estimate of drug-likeness (QED) is 0.624. The van der Waals surface area contributed by atoms with Crippen LogP contribution in [0.15, 0.2) is 72.4 Å². The van der Waals surface area contributed by atoms with Crippen molar-refractivity contribution in [1.29, 1.82) is 0 Å². The highest BCUT2D eigenvalue weighted by atomic mass is 19.1. The van der Waals surface area contributed by atoms with Crippen molar-refractivity contribution in [3.63, 3.8) is 0 Å². The number of aryl methyl sites for hydroxylation is 2. The summed E-state index contributed by atoms with van der Waals surface area (Å²) in [5, 5.41) is 2.93. The molecule has 0 aromatic heterocycles. The number of benzene rings is 3. The summed E-state index contributed by atoms with van der Waals surface area (Å²) < 4.78 is 27.7. The second-order valence-corrected chi connectivity index (χ2v) is 7.08. The zero-order valence-corrected chi connectivity index (χ0v) is 16.4. The molecule has 2 amide bonds. The minimum absolute atomic E-state index is 0.0121. The second kappa shape index (κ2) is 7.55. The van der Waals surface area contributed by atoms with Crippen LogP contribution in [0, 0.1) is 25.5 Å². The molecular formula is C24H18F2N2O2. The Kier molecular flexibility index (Phi) is 4.91. The van der Waals surface area contributed by atoms with E-state index in [0.717, 1.165) is 16.0 Å². The summed E-state index contributed by atoms with van der Waals surface area (Å²) in [5.74, 6) is -2.41. The number of amides is 2. The number of para-hydroxylation sites is 1. The largest absolute Gasteiger partial charge is 0.350 e. The lowest BCUT2D eigenvalue weighted by Gasteiger charge is -2.16. The molecule has 0 saturated carbocycles. The highest BCUT2D eigenvalue weighted by molar-refractivity contribution is 6.46. The van der Waals surface area contributed by atoms with Crippen molar-refractivity contribution in [2.45, 2.75) is 13.8 Å². The number of rotatable bonds is 4. The van der Waals surface area contributed by atoms with E-state index in [4.69, 9.17) is 0 Å². The first kappa shape index (κ1) is 19.5. The number of carbonyl (C=O) groups excluding carboxylic acids is 2. The van der Waals surface area contributed by atoms with E-state index in [9.17, 15) is 18.4 Å². The van der Waals surface area contributed by atoms with Crippen LogP contribution in [-0.2, 0) is 9.59 Å². The predicted molar refractivity (Wildman–Crippen MR) is 112 cm³/mol. The summed E-state index contributed by atoms with van der Waals surface area (Å²) in [6.07, 6.45) is 0. The fraction of sp³-hybridized carbons (Fsp3) is 0.0833. The van der Waals surface area contributed by atoms with E-state index in [2.05, 4.69) is 5.32 Å². The van der Waals surface area contributed by atoms with Crippen molar-refractivity contribution < 1.29 is 18.4 Å². The fourth-order valence-electron chi connectivity index (χ4n) is 3.34. The Labute approximate surface area is 172 Å². The van der Waals surface area contributed by atoms with Gasteiger partial charge in [-0.25, -0.2) is 13.7 Å². The molecule has 1 aliphatic rings. The third-order valence-corrected chi connectivity index (χ3v) is 5.09. The van der Waals surface area contributed by atoms with Gasteiger partial charge in [0.25, 0.3) is 11.8 Å². The van der Waals surface area contributed by atoms with Gasteiger partial charge in [0.1, 0.15) is 17.3 Å². The van der Waals surface area contributed by atoms with Crippen LogP contribution >= 0.6 is 0 Å². The van der Waals surface area contributed by atoms with Crippen molar-refractivity contribution in [2.24, 2.45) is 0 Å². The normalized spacial score (nSPS) is 13.9. The molecule has 0 aliphatic carbocycles. The Bertz CT molecular complexity index is 1200. The zero-order valence-electron chi connectivity index (χ0n) is 16.4. The number of hydrogen-bond donors (Lipinski definition) is 1. The lowest BCUT2D eigenvalue weighted by atomic mass is 9.99. The number of carbonyl (C=O) groups is 2. The van der Waals surface area contributed by atoms with Gasteiger partial charge in [-0.2, -0.15) is 0 Å². The van der Waals surface area contributed by atoms with E-state index < -0.39 is 23.4 Å². The first-order valence-corrected chi connectivity index (χ1v) is 9.34. The maximum Gasteiger partial charge on any atom is 0.282 e. The zero-order chi connectivity index (χ0) is 21.4. The number of nitrogens with zero attached hydrogens (tertiary/aromatic N) is 1. The Balaban J connectivity index is 1.86. The van der Waals surface area contributed by atoms with Crippen LogP contribution in [0.5, 0.6) is 0 Å². The smallest absolute Gasteiger partial charge is 0.282 e. The van der Waals surface area contributed by atoms with Crippen molar-refractivity contribution in [3.8, 4) is 0 Å². The first-order valence-electron chi connectivity index (χ1n) is 9.34. The molecule has 0 radical (unpaired) electrons. The number of nitrogens with one attached hydrogen (secondary N) is 1. The van der Waals surface area contributed by atoms with Gasteiger partial charge in [-0.05, 0) is 66.9 Å².